The minimum absolute atomic E-state index is 0.0165. The number of para-hydroxylation sites is 1. The molecule has 0 saturated carbocycles. The Morgan fingerprint density at radius 2 is 1.79 bits per heavy atom. The van der Waals surface area contributed by atoms with Gasteiger partial charge in [-0.25, -0.2) is 4.98 Å². The lowest BCUT2D eigenvalue weighted by Crippen LogP contribution is -2.16. The molecule has 1 aromatic heterocycles. The van der Waals surface area contributed by atoms with Crippen molar-refractivity contribution in [1.29, 1.82) is 0 Å². The molecule has 7 heteroatoms. The van der Waals surface area contributed by atoms with Gasteiger partial charge in [-0.3, -0.25) is 4.72 Å². The molecule has 0 saturated heterocycles. The number of nitrogens with zero attached hydrogens (tertiary/aromatic N) is 1. The predicted molar refractivity (Wildman–Crippen MR) is 83.8 cm³/mol. The van der Waals surface area contributed by atoms with E-state index in [0.717, 1.165) is 3.57 Å². The van der Waals surface area contributed by atoms with Crippen molar-refractivity contribution in [2.75, 3.05) is 17.1 Å². The van der Waals surface area contributed by atoms with Crippen LogP contribution in [0.2, 0.25) is 0 Å². The van der Waals surface area contributed by atoms with Crippen molar-refractivity contribution in [3.8, 4) is 0 Å². The third-order valence-corrected chi connectivity index (χ3v) is 4.68. The number of anilines is 2. The van der Waals surface area contributed by atoms with E-state index in [4.69, 9.17) is 0 Å². The van der Waals surface area contributed by atoms with Gasteiger partial charge in [0.05, 0.1) is 11.4 Å². The maximum absolute atomic E-state index is 12.3. The molecule has 0 radical (unpaired) electrons. The molecule has 2 rings (SSSR count). The first-order chi connectivity index (χ1) is 9.04. The third-order valence-electron chi connectivity index (χ3n) is 2.41. The Morgan fingerprint density at radius 3 is 2.47 bits per heavy atom. The number of aromatic nitrogens is 1. The number of pyridine rings is 1. The number of sulfonamides is 1. The van der Waals surface area contributed by atoms with Crippen LogP contribution >= 0.6 is 22.6 Å². The minimum Gasteiger partial charge on any atom is -0.386 e. The molecule has 19 heavy (non-hydrogen) atoms. The summed E-state index contributed by atoms with van der Waals surface area (Å²) in [5, 5.41) is 2.80. The second-order valence-electron chi connectivity index (χ2n) is 3.69. The Bertz CT molecular complexity index is 689. The van der Waals surface area contributed by atoms with E-state index in [1.807, 2.05) is 12.1 Å². The van der Waals surface area contributed by atoms with Gasteiger partial charge in [-0.2, -0.15) is 8.42 Å². The Hall–Kier alpha value is -1.35. The molecule has 1 aromatic carbocycles. The second-order valence-corrected chi connectivity index (χ2v) is 6.45. The summed E-state index contributed by atoms with van der Waals surface area (Å²) in [6.45, 7) is 0. The monoisotopic (exact) mass is 389 g/mol. The van der Waals surface area contributed by atoms with Gasteiger partial charge in [-0.05, 0) is 46.9 Å². The number of benzene rings is 1. The van der Waals surface area contributed by atoms with Gasteiger partial charge in [0, 0.05) is 16.8 Å². The topological polar surface area (TPSA) is 71.1 Å². The summed E-state index contributed by atoms with van der Waals surface area (Å²) in [4.78, 5) is 3.93. The van der Waals surface area contributed by atoms with E-state index >= 15 is 0 Å². The smallest absolute Gasteiger partial charge is 0.281 e. The van der Waals surface area contributed by atoms with E-state index in [2.05, 4.69) is 37.6 Å². The SMILES string of the molecule is CNc1cccnc1S(=O)(=O)Nc1ccccc1I. The zero-order valence-corrected chi connectivity index (χ0v) is 13.1. The van der Waals surface area contributed by atoms with Crippen molar-refractivity contribution in [2.24, 2.45) is 0 Å². The Morgan fingerprint density at radius 1 is 1.11 bits per heavy atom. The van der Waals surface area contributed by atoms with Gasteiger partial charge in [0.1, 0.15) is 0 Å². The van der Waals surface area contributed by atoms with Gasteiger partial charge >= 0.3 is 0 Å². The van der Waals surface area contributed by atoms with Gasteiger partial charge in [0.2, 0.25) is 0 Å². The molecule has 0 aliphatic rings. The molecule has 5 nitrogen and oxygen atoms in total. The van der Waals surface area contributed by atoms with Crippen LogP contribution in [-0.4, -0.2) is 20.4 Å². The zero-order valence-electron chi connectivity index (χ0n) is 10.1. The molecule has 0 spiro atoms. The number of rotatable bonds is 4. The lowest BCUT2D eigenvalue weighted by atomic mass is 10.3. The van der Waals surface area contributed by atoms with Gasteiger partial charge in [0.15, 0.2) is 5.03 Å². The predicted octanol–water partition coefficient (Wildman–Crippen LogP) is 2.53. The number of hydrogen-bond acceptors (Lipinski definition) is 4. The molecule has 0 aliphatic heterocycles. The average Bonchev–Trinajstić information content (AvgIpc) is 2.41. The molecule has 0 fully saturated rings. The van der Waals surface area contributed by atoms with Crippen molar-refractivity contribution < 1.29 is 8.42 Å². The van der Waals surface area contributed by atoms with Crippen molar-refractivity contribution in [1.82, 2.24) is 4.98 Å². The third kappa shape index (κ3) is 3.16. The molecule has 0 bridgehead atoms. The molecule has 0 unspecified atom stereocenters. The summed E-state index contributed by atoms with van der Waals surface area (Å²) in [5.41, 5.74) is 0.997. The maximum Gasteiger partial charge on any atom is 0.281 e. The summed E-state index contributed by atoms with van der Waals surface area (Å²) in [7, 11) is -2.05. The zero-order chi connectivity index (χ0) is 13.9. The summed E-state index contributed by atoms with van der Waals surface area (Å²) in [6.07, 6.45) is 1.45. The molecule has 0 atom stereocenters. The highest BCUT2D eigenvalue weighted by Gasteiger charge is 2.20. The second kappa shape index (κ2) is 5.74. The van der Waals surface area contributed by atoms with Crippen LogP contribution in [-0.2, 0) is 10.0 Å². The Labute approximate surface area is 125 Å². The summed E-state index contributed by atoms with van der Waals surface area (Å²) < 4.78 is 28.0. The molecule has 0 aliphatic carbocycles. The fraction of sp³-hybridized carbons (Fsp3) is 0.0833. The van der Waals surface area contributed by atoms with Crippen LogP contribution in [0.25, 0.3) is 0 Å². The highest BCUT2D eigenvalue weighted by Crippen LogP contribution is 2.23. The molecular weight excluding hydrogens is 377 g/mol. The summed E-state index contributed by atoms with van der Waals surface area (Å²) in [5.74, 6) is 0. The van der Waals surface area contributed by atoms with E-state index in [-0.39, 0.29) is 5.03 Å². The Balaban J connectivity index is 2.41. The lowest BCUT2D eigenvalue weighted by Gasteiger charge is -2.11. The standard InChI is InChI=1S/C12H12IN3O2S/c1-14-11-7-4-8-15-12(11)19(17,18)16-10-6-3-2-5-9(10)13/h2-8,14,16H,1H3. The van der Waals surface area contributed by atoms with Gasteiger partial charge in [-0.15, -0.1) is 0 Å². The van der Waals surface area contributed by atoms with E-state index in [1.54, 1.807) is 31.3 Å². The van der Waals surface area contributed by atoms with E-state index in [1.165, 1.54) is 6.20 Å². The summed E-state index contributed by atoms with van der Waals surface area (Å²) in [6, 6.07) is 10.5. The number of hydrogen-bond donors (Lipinski definition) is 2. The highest BCUT2D eigenvalue weighted by atomic mass is 127. The van der Waals surface area contributed by atoms with Crippen LogP contribution in [0, 0.1) is 3.57 Å². The first-order valence-electron chi connectivity index (χ1n) is 5.45. The summed E-state index contributed by atoms with van der Waals surface area (Å²) >= 11 is 2.07. The Kier molecular flexibility index (Phi) is 4.25. The van der Waals surface area contributed by atoms with Gasteiger partial charge in [0.25, 0.3) is 10.0 Å². The molecular formula is C12H12IN3O2S. The van der Waals surface area contributed by atoms with Crippen molar-refractivity contribution in [3.63, 3.8) is 0 Å². The quantitative estimate of drug-likeness (QED) is 0.789. The number of nitrogens with one attached hydrogen (secondary N) is 2. The van der Waals surface area contributed by atoms with Crippen molar-refractivity contribution in [2.45, 2.75) is 5.03 Å². The lowest BCUT2D eigenvalue weighted by molar-refractivity contribution is 0.598. The fourth-order valence-electron chi connectivity index (χ4n) is 1.53. The number of halogens is 1. The van der Waals surface area contributed by atoms with Gasteiger partial charge < -0.3 is 5.32 Å². The van der Waals surface area contributed by atoms with E-state index < -0.39 is 10.0 Å². The molecule has 2 aromatic rings. The average molecular weight is 389 g/mol. The molecule has 0 amide bonds. The normalized spacial score (nSPS) is 11.1. The van der Waals surface area contributed by atoms with Crippen LogP contribution in [0.5, 0.6) is 0 Å². The van der Waals surface area contributed by atoms with Gasteiger partial charge in [-0.1, -0.05) is 12.1 Å². The van der Waals surface area contributed by atoms with Crippen LogP contribution in [0.1, 0.15) is 0 Å². The highest BCUT2D eigenvalue weighted by molar-refractivity contribution is 14.1. The van der Waals surface area contributed by atoms with Crippen LogP contribution in [0.4, 0.5) is 11.4 Å². The van der Waals surface area contributed by atoms with Crippen molar-refractivity contribution in [3.05, 3.63) is 46.2 Å². The maximum atomic E-state index is 12.3. The van der Waals surface area contributed by atoms with E-state index in [0.29, 0.717) is 11.4 Å². The first-order valence-corrected chi connectivity index (χ1v) is 8.01. The first kappa shape index (κ1) is 14.1. The van der Waals surface area contributed by atoms with Crippen LogP contribution in [0.3, 0.4) is 0 Å². The molecule has 2 N–H and O–H groups in total. The largest absolute Gasteiger partial charge is 0.386 e. The van der Waals surface area contributed by atoms with Crippen molar-refractivity contribution >= 4 is 44.0 Å². The van der Waals surface area contributed by atoms with Crippen LogP contribution in [0.15, 0.2) is 47.6 Å². The molecule has 100 valence electrons. The van der Waals surface area contributed by atoms with E-state index in [9.17, 15) is 8.42 Å². The fourth-order valence-corrected chi connectivity index (χ4v) is 3.46. The molecule has 1 heterocycles. The van der Waals surface area contributed by atoms with Crippen LogP contribution < -0.4 is 10.0 Å². The minimum atomic E-state index is -3.71.